The van der Waals surface area contributed by atoms with Crippen LogP contribution in [0.3, 0.4) is 0 Å². The van der Waals surface area contributed by atoms with Gasteiger partial charge in [0.05, 0.1) is 18.5 Å². The molecule has 0 aromatic heterocycles. The summed E-state index contributed by atoms with van der Waals surface area (Å²) in [6.45, 7) is 1.17. The van der Waals surface area contributed by atoms with E-state index in [4.69, 9.17) is 10.2 Å². The van der Waals surface area contributed by atoms with Gasteiger partial charge in [-0.25, -0.2) is 4.79 Å². The lowest BCUT2D eigenvalue weighted by Crippen LogP contribution is -2.62. The number of aliphatic hydroxyl groups excluding tert-OH is 2. The number of carbonyl (C=O) groups is 1. The molecule has 3 atom stereocenters. The maximum absolute atomic E-state index is 10.6. The third-order valence-electron chi connectivity index (χ3n) is 2.16. The van der Waals surface area contributed by atoms with E-state index in [-0.39, 0.29) is 6.61 Å². The van der Waals surface area contributed by atoms with Crippen LogP contribution in [-0.2, 0) is 4.79 Å². The molecule has 1 heterocycles. The van der Waals surface area contributed by atoms with Gasteiger partial charge in [-0.3, -0.25) is 4.99 Å². The second-order valence-electron chi connectivity index (χ2n) is 3.23. The Labute approximate surface area is 74.9 Å². The molecule has 0 fully saturated rings. The monoisotopic (exact) mass is 188 g/mol. The normalized spacial score (nSPS) is 38.4. The lowest BCUT2D eigenvalue weighted by Gasteiger charge is -2.37. The van der Waals surface area contributed by atoms with Crippen LogP contribution >= 0.6 is 0 Å². The van der Waals surface area contributed by atoms with E-state index < -0.39 is 23.7 Å². The highest BCUT2D eigenvalue weighted by atomic mass is 16.4. The fraction of sp³-hybridized carbons (Fsp3) is 0.714. The second kappa shape index (κ2) is 3.31. The Morgan fingerprint density at radius 1 is 1.77 bits per heavy atom. The first-order valence-electron chi connectivity index (χ1n) is 3.82. The number of rotatable bonds is 2. The zero-order chi connectivity index (χ0) is 10.1. The zero-order valence-corrected chi connectivity index (χ0v) is 7.14. The summed E-state index contributed by atoms with van der Waals surface area (Å²) in [6.07, 6.45) is -0.0400. The van der Waals surface area contributed by atoms with Gasteiger partial charge < -0.3 is 20.6 Å². The molecule has 0 aliphatic carbocycles. The van der Waals surface area contributed by atoms with Gasteiger partial charge in [0, 0.05) is 0 Å². The van der Waals surface area contributed by atoms with E-state index >= 15 is 0 Å². The molecule has 13 heavy (non-hydrogen) atoms. The lowest BCUT2D eigenvalue weighted by atomic mass is 9.89. The third-order valence-corrected chi connectivity index (χ3v) is 2.16. The summed E-state index contributed by atoms with van der Waals surface area (Å²) in [6, 6.07) is -1.21. The Balaban J connectivity index is 2.88. The maximum atomic E-state index is 10.6. The molecule has 4 N–H and O–H groups in total. The summed E-state index contributed by atoms with van der Waals surface area (Å²) in [5, 5.41) is 29.8. The molecule has 1 aliphatic rings. The van der Waals surface area contributed by atoms with E-state index in [1.54, 1.807) is 0 Å². The minimum absolute atomic E-state index is 0.357. The van der Waals surface area contributed by atoms with Crippen molar-refractivity contribution in [1.29, 1.82) is 0 Å². The summed E-state index contributed by atoms with van der Waals surface area (Å²) >= 11 is 0. The smallest absolute Gasteiger partial charge is 0.331 e. The molecule has 6 nitrogen and oxygen atoms in total. The molecular weight excluding hydrogens is 176 g/mol. The topological polar surface area (TPSA) is 102 Å². The Morgan fingerprint density at radius 3 is 2.85 bits per heavy atom. The van der Waals surface area contributed by atoms with Gasteiger partial charge in [0.25, 0.3) is 0 Å². The van der Waals surface area contributed by atoms with E-state index in [1.807, 2.05) is 0 Å². The number of aliphatic imine (C=N–C) groups is 1. The standard InChI is InChI=1S/C7H12N2O4/c1-7(2-10)5(11)4(6(12)13)8-3-9-7/h3-5,10-11H,2H2,1H3,(H,8,9)(H,12,13)/t4-,5-,7+/m0/s1. The summed E-state index contributed by atoms with van der Waals surface area (Å²) in [5.41, 5.74) is -1.04. The number of hydrogen-bond acceptors (Lipinski definition) is 5. The molecule has 0 saturated heterocycles. The maximum Gasteiger partial charge on any atom is 0.331 e. The number of carboxylic acid groups (broad SMARTS) is 1. The molecule has 1 aliphatic heterocycles. The predicted molar refractivity (Wildman–Crippen MR) is 44.5 cm³/mol. The van der Waals surface area contributed by atoms with Gasteiger partial charge in [0.15, 0.2) is 6.04 Å². The van der Waals surface area contributed by atoms with Crippen LogP contribution in [0.1, 0.15) is 6.92 Å². The lowest BCUT2D eigenvalue weighted by molar-refractivity contribution is -0.143. The van der Waals surface area contributed by atoms with Crippen LogP contribution in [0.4, 0.5) is 0 Å². The summed E-state index contributed by atoms with van der Waals surface area (Å²) in [4.78, 5) is 14.1. The Bertz CT molecular complexity index is 243. The van der Waals surface area contributed by atoms with Crippen LogP contribution < -0.4 is 5.32 Å². The number of aliphatic carboxylic acids is 1. The first-order chi connectivity index (χ1) is 6.01. The molecule has 74 valence electrons. The Kier molecular flexibility index (Phi) is 2.53. The fourth-order valence-electron chi connectivity index (χ4n) is 1.12. The van der Waals surface area contributed by atoms with Crippen molar-refractivity contribution in [2.75, 3.05) is 6.61 Å². The number of carboxylic acids is 1. The van der Waals surface area contributed by atoms with E-state index in [1.165, 1.54) is 13.3 Å². The number of aliphatic hydroxyl groups is 2. The van der Waals surface area contributed by atoms with Crippen molar-refractivity contribution in [3.05, 3.63) is 0 Å². The van der Waals surface area contributed by atoms with Crippen molar-refractivity contribution in [3.63, 3.8) is 0 Å². The largest absolute Gasteiger partial charge is 0.480 e. The molecular formula is C7H12N2O4. The molecule has 0 aromatic rings. The van der Waals surface area contributed by atoms with Crippen molar-refractivity contribution >= 4 is 12.3 Å². The molecule has 0 bridgehead atoms. The SMILES string of the molecule is C[C@]1(CO)NC=N[C@H](C(=O)O)[C@@H]1O. The van der Waals surface area contributed by atoms with Crippen LogP contribution in [0.15, 0.2) is 4.99 Å². The van der Waals surface area contributed by atoms with Crippen LogP contribution in [0.2, 0.25) is 0 Å². The first-order valence-corrected chi connectivity index (χ1v) is 3.82. The van der Waals surface area contributed by atoms with Crippen LogP contribution in [0, 0.1) is 0 Å². The average molecular weight is 188 g/mol. The highest BCUT2D eigenvalue weighted by Crippen LogP contribution is 2.17. The number of nitrogens with zero attached hydrogens (tertiary/aromatic N) is 1. The minimum Gasteiger partial charge on any atom is -0.480 e. The summed E-state index contributed by atoms with van der Waals surface area (Å²) < 4.78 is 0. The molecule has 0 radical (unpaired) electrons. The Hall–Kier alpha value is -1.14. The third kappa shape index (κ3) is 1.63. The Morgan fingerprint density at radius 2 is 2.38 bits per heavy atom. The van der Waals surface area contributed by atoms with E-state index in [0.717, 1.165) is 0 Å². The van der Waals surface area contributed by atoms with E-state index in [0.29, 0.717) is 0 Å². The minimum atomic E-state index is -1.24. The van der Waals surface area contributed by atoms with Crippen LogP contribution in [-0.4, -0.2) is 51.9 Å². The van der Waals surface area contributed by atoms with Crippen molar-refractivity contribution in [3.8, 4) is 0 Å². The number of hydrogen-bond donors (Lipinski definition) is 4. The molecule has 0 spiro atoms. The first kappa shape index (κ1) is 9.94. The van der Waals surface area contributed by atoms with E-state index in [9.17, 15) is 9.90 Å². The number of nitrogens with one attached hydrogen (secondary N) is 1. The fourth-order valence-corrected chi connectivity index (χ4v) is 1.12. The highest BCUT2D eigenvalue weighted by Gasteiger charge is 2.42. The van der Waals surface area contributed by atoms with Gasteiger partial charge in [-0.15, -0.1) is 0 Å². The van der Waals surface area contributed by atoms with Crippen molar-refractivity contribution < 1.29 is 20.1 Å². The summed E-state index contributed by atoms with van der Waals surface area (Å²) in [7, 11) is 0. The van der Waals surface area contributed by atoms with Gasteiger partial charge in [-0.1, -0.05) is 0 Å². The molecule has 0 unspecified atom stereocenters. The van der Waals surface area contributed by atoms with Crippen molar-refractivity contribution in [2.24, 2.45) is 4.99 Å². The molecule has 1 rings (SSSR count). The van der Waals surface area contributed by atoms with Gasteiger partial charge in [-0.2, -0.15) is 0 Å². The van der Waals surface area contributed by atoms with Gasteiger partial charge >= 0.3 is 5.97 Å². The zero-order valence-electron chi connectivity index (χ0n) is 7.14. The predicted octanol–water partition coefficient (Wildman–Crippen LogP) is -1.82. The summed E-state index contributed by atoms with van der Waals surface area (Å²) in [5.74, 6) is -1.20. The quantitative estimate of drug-likeness (QED) is 0.409. The highest BCUT2D eigenvalue weighted by molar-refractivity contribution is 5.78. The molecule has 0 aromatic carbocycles. The van der Waals surface area contributed by atoms with Crippen LogP contribution in [0.25, 0.3) is 0 Å². The molecule has 0 amide bonds. The van der Waals surface area contributed by atoms with Gasteiger partial charge in [-0.05, 0) is 6.92 Å². The van der Waals surface area contributed by atoms with Crippen molar-refractivity contribution in [1.82, 2.24) is 5.32 Å². The molecule has 0 saturated carbocycles. The van der Waals surface area contributed by atoms with E-state index in [2.05, 4.69) is 10.3 Å². The van der Waals surface area contributed by atoms with Gasteiger partial charge in [0.2, 0.25) is 0 Å². The second-order valence-corrected chi connectivity index (χ2v) is 3.23. The van der Waals surface area contributed by atoms with Crippen molar-refractivity contribution in [2.45, 2.75) is 24.6 Å². The average Bonchev–Trinajstić information content (AvgIpc) is 2.09. The van der Waals surface area contributed by atoms with Gasteiger partial charge in [0.1, 0.15) is 6.10 Å². The van der Waals surface area contributed by atoms with Crippen LogP contribution in [0.5, 0.6) is 0 Å². The molecule has 6 heteroatoms.